The van der Waals surface area contributed by atoms with E-state index in [0.717, 1.165) is 25.2 Å². The minimum absolute atomic E-state index is 0.0788. The summed E-state index contributed by atoms with van der Waals surface area (Å²) in [7, 11) is -3.09. The van der Waals surface area contributed by atoms with Gasteiger partial charge in [0.2, 0.25) is 0 Å². The summed E-state index contributed by atoms with van der Waals surface area (Å²) in [5, 5.41) is 0.431. The van der Waals surface area contributed by atoms with Crippen molar-refractivity contribution in [2.24, 2.45) is 10.9 Å². The highest BCUT2D eigenvalue weighted by Crippen LogP contribution is 2.41. The molecule has 2 atom stereocenters. The van der Waals surface area contributed by atoms with E-state index < -0.39 is 15.7 Å². The van der Waals surface area contributed by atoms with Crippen LogP contribution in [0.15, 0.2) is 59.6 Å². The molecule has 0 bridgehead atoms. The van der Waals surface area contributed by atoms with E-state index in [1.54, 1.807) is 0 Å². The lowest BCUT2D eigenvalue weighted by atomic mass is 9.90. The molecule has 3 heterocycles. The fourth-order valence-corrected chi connectivity index (χ4v) is 9.16. The summed E-state index contributed by atoms with van der Waals surface area (Å²) >= 11 is 7.04. The summed E-state index contributed by atoms with van der Waals surface area (Å²) < 4.78 is 24.5. The van der Waals surface area contributed by atoms with Crippen LogP contribution in [0.25, 0.3) is 0 Å². The second-order valence-corrected chi connectivity index (χ2v) is 12.9. The minimum atomic E-state index is -3.09. The lowest BCUT2D eigenvalue weighted by Gasteiger charge is -2.34. The Bertz CT molecular complexity index is 1160. The maximum Gasteiger partial charge on any atom is 0.262 e. The van der Waals surface area contributed by atoms with Crippen molar-refractivity contribution in [1.82, 2.24) is 0 Å². The van der Waals surface area contributed by atoms with E-state index in [0.29, 0.717) is 11.1 Å². The van der Waals surface area contributed by atoms with Crippen LogP contribution in [0, 0.1) is 5.92 Å². The van der Waals surface area contributed by atoms with Crippen molar-refractivity contribution in [3.05, 3.63) is 60.2 Å². The van der Waals surface area contributed by atoms with Crippen molar-refractivity contribution in [3.63, 3.8) is 0 Å². The van der Waals surface area contributed by atoms with E-state index >= 15 is 0 Å². The molecular formula is C25H28ClN3O3S2. The zero-order chi connectivity index (χ0) is 23.7. The van der Waals surface area contributed by atoms with Gasteiger partial charge in [-0.05, 0) is 55.0 Å². The highest BCUT2D eigenvalue weighted by molar-refractivity contribution is 8.16. The molecule has 3 fully saturated rings. The number of hydrogen-bond acceptors (Lipinski definition) is 5. The zero-order valence-corrected chi connectivity index (χ0v) is 21.2. The largest absolute Gasteiger partial charge is 0.372 e. The molecule has 0 unspecified atom stereocenters. The molecule has 0 aromatic heterocycles. The predicted molar refractivity (Wildman–Crippen MR) is 141 cm³/mol. The monoisotopic (exact) mass is 517 g/mol. The molecule has 0 N–H and O–H groups in total. The number of piperidine rings is 1. The van der Waals surface area contributed by atoms with Crippen molar-refractivity contribution in [3.8, 4) is 0 Å². The van der Waals surface area contributed by atoms with Crippen molar-refractivity contribution in [1.29, 1.82) is 0 Å². The number of aliphatic imine (C=N–C) groups is 1. The molecule has 3 saturated heterocycles. The predicted octanol–water partition coefficient (Wildman–Crippen LogP) is 3.99. The number of nitrogens with zero attached hydrogens (tertiary/aromatic N) is 3. The van der Waals surface area contributed by atoms with Gasteiger partial charge in [0.1, 0.15) is 5.88 Å². The number of carbonyl (C=O) groups is 1. The molecular weight excluding hydrogens is 490 g/mol. The lowest BCUT2D eigenvalue weighted by Crippen LogP contribution is -2.38. The Labute approximate surface area is 210 Å². The third-order valence-corrected chi connectivity index (χ3v) is 10.3. The van der Waals surface area contributed by atoms with Crippen LogP contribution in [-0.4, -0.2) is 61.3 Å². The maximum absolute atomic E-state index is 12.2. The Balaban J connectivity index is 1.28. The molecule has 180 valence electrons. The maximum atomic E-state index is 12.2. The van der Waals surface area contributed by atoms with E-state index in [9.17, 15) is 13.2 Å². The van der Waals surface area contributed by atoms with Gasteiger partial charge in [-0.1, -0.05) is 42.1 Å². The number of carbonyl (C=O) groups excluding carboxylic acids is 1. The van der Waals surface area contributed by atoms with Gasteiger partial charge in [-0.2, -0.15) is 4.99 Å². The first-order valence-corrected chi connectivity index (χ1v) is 14.9. The standard InChI is InChI=1S/C25H28ClN3O3S2/c26-15-24(30)27-25-29(22-16-34(31,32)17-23(22)33-25)21-8-6-20(7-9-21)28-12-10-19(11-13-28)14-18-4-2-1-3-5-18/h1-9,19,22-23H,10-17H2/t22-,23+/m0/s1. The van der Waals surface area contributed by atoms with E-state index in [1.165, 1.54) is 35.9 Å². The van der Waals surface area contributed by atoms with Crippen LogP contribution in [0.5, 0.6) is 0 Å². The number of amidine groups is 1. The molecule has 2 aromatic rings. The first-order valence-electron chi connectivity index (χ1n) is 11.6. The van der Waals surface area contributed by atoms with E-state index in [4.69, 9.17) is 11.6 Å². The molecule has 3 aliphatic heterocycles. The molecule has 6 nitrogen and oxygen atoms in total. The average molecular weight is 518 g/mol. The quantitative estimate of drug-likeness (QED) is 0.559. The van der Waals surface area contributed by atoms with Gasteiger partial charge in [0.25, 0.3) is 5.91 Å². The van der Waals surface area contributed by atoms with Crippen LogP contribution >= 0.6 is 23.4 Å². The third kappa shape index (κ3) is 5.14. The molecule has 3 aliphatic rings. The molecule has 2 aromatic carbocycles. The Morgan fingerprint density at radius 3 is 2.35 bits per heavy atom. The summed E-state index contributed by atoms with van der Waals surface area (Å²) in [6, 6.07) is 18.7. The summed E-state index contributed by atoms with van der Waals surface area (Å²) in [6.07, 6.45) is 3.46. The van der Waals surface area contributed by atoms with Crippen LogP contribution in [0.1, 0.15) is 18.4 Å². The summed E-state index contributed by atoms with van der Waals surface area (Å²) in [6.45, 7) is 2.05. The zero-order valence-electron chi connectivity index (χ0n) is 18.8. The third-order valence-electron chi connectivity index (χ3n) is 6.88. The minimum Gasteiger partial charge on any atom is -0.372 e. The Morgan fingerprint density at radius 1 is 1.00 bits per heavy atom. The van der Waals surface area contributed by atoms with Gasteiger partial charge in [-0.15, -0.1) is 11.6 Å². The fourth-order valence-electron chi connectivity index (χ4n) is 5.17. The SMILES string of the molecule is O=C(CCl)N=C1S[C@@H]2CS(=O)(=O)C[C@@H]2N1c1ccc(N2CCC(Cc3ccccc3)CC2)cc1. The normalized spacial score (nSPS) is 25.6. The number of thioether (sulfide) groups is 1. The number of alkyl halides is 1. The van der Waals surface area contributed by atoms with Gasteiger partial charge >= 0.3 is 0 Å². The van der Waals surface area contributed by atoms with Gasteiger partial charge in [0, 0.05) is 29.7 Å². The summed E-state index contributed by atoms with van der Waals surface area (Å²) in [4.78, 5) is 20.4. The van der Waals surface area contributed by atoms with Crippen molar-refractivity contribution >= 4 is 55.6 Å². The van der Waals surface area contributed by atoms with E-state index in [2.05, 4.69) is 52.4 Å². The van der Waals surface area contributed by atoms with Crippen molar-refractivity contribution in [2.45, 2.75) is 30.6 Å². The van der Waals surface area contributed by atoms with Crippen LogP contribution in [0.3, 0.4) is 0 Å². The molecule has 1 amide bonds. The molecule has 0 aliphatic carbocycles. The number of halogens is 1. The molecule has 34 heavy (non-hydrogen) atoms. The van der Waals surface area contributed by atoms with Crippen LogP contribution < -0.4 is 9.80 Å². The highest BCUT2D eigenvalue weighted by atomic mass is 35.5. The van der Waals surface area contributed by atoms with Crippen LogP contribution in [0.4, 0.5) is 11.4 Å². The number of anilines is 2. The summed E-state index contributed by atoms with van der Waals surface area (Å²) in [5.41, 5.74) is 3.44. The first-order chi connectivity index (χ1) is 16.4. The van der Waals surface area contributed by atoms with Gasteiger partial charge in [-0.25, -0.2) is 8.42 Å². The molecule has 5 rings (SSSR count). The molecule has 0 spiro atoms. The fraction of sp³-hybridized carbons (Fsp3) is 0.440. The highest BCUT2D eigenvalue weighted by Gasteiger charge is 2.49. The second kappa shape index (κ2) is 9.91. The number of benzene rings is 2. The number of rotatable bonds is 5. The van der Waals surface area contributed by atoms with Gasteiger partial charge in [0.05, 0.1) is 17.5 Å². The molecule has 0 saturated carbocycles. The van der Waals surface area contributed by atoms with E-state index in [-0.39, 0.29) is 28.7 Å². The van der Waals surface area contributed by atoms with Crippen molar-refractivity contribution < 1.29 is 13.2 Å². The number of hydrogen-bond donors (Lipinski definition) is 0. The van der Waals surface area contributed by atoms with Crippen LogP contribution in [-0.2, 0) is 21.1 Å². The van der Waals surface area contributed by atoms with Crippen LogP contribution in [0.2, 0.25) is 0 Å². The Morgan fingerprint density at radius 2 is 1.68 bits per heavy atom. The lowest BCUT2D eigenvalue weighted by molar-refractivity contribution is -0.115. The van der Waals surface area contributed by atoms with Gasteiger partial charge in [-0.3, -0.25) is 4.79 Å². The number of sulfone groups is 1. The van der Waals surface area contributed by atoms with Gasteiger partial charge < -0.3 is 9.80 Å². The van der Waals surface area contributed by atoms with Crippen molar-refractivity contribution in [2.75, 3.05) is 40.3 Å². The average Bonchev–Trinajstić information content (AvgIpc) is 3.31. The smallest absolute Gasteiger partial charge is 0.262 e. The van der Waals surface area contributed by atoms with E-state index in [1.807, 2.05) is 17.0 Å². The molecule has 9 heteroatoms. The number of amides is 1. The first kappa shape index (κ1) is 23.7. The Kier molecular flexibility index (Phi) is 6.91. The topological polar surface area (TPSA) is 70.0 Å². The summed E-state index contributed by atoms with van der Waals surface area (Å²) in [5.74, 6) is 0.300. The molecule has 0 radical (unpaired) electrons. The second-order valence-electron chi connectivity index (χ2n) is 9.23. The Hall–Kier alpha value is -2.03. The van der Waals surface area contributed by atoms with Gasteiger partial charge in [0.15, 0.2) is 15.0 Å². The number of fused-ring (bicyclic) bond motifs is 1.